The van der Waals surface area contributed by atoms with Crippen molar-refractivity contribution < 1.29 is 19.0 Å². The van der Waals surface area contributed by atoms with Crippen molar-refractivity contribution in [3.8, 4) is 11.5 Å². The van der Waals surface area contributed by atoms with Crippen LogP contribution in [0.3, 0.4) is 0 Å². The van der Waals surface area contributed by atoms with Crippen molar-refractivity contribution in [2.75, 3.05) is 26.1 Å². The fraction of sp³-hybridized carbons (Fsp3) is 0.250. The molecule has 0 aliphatic heterocycles. The van der Waals surface area contributed by atoms with Crippen molar-refractivity contribution in [3.05, 3.63) is 53.8 Å². The van der Waals surface area contributed by atoms with Crippen molar-refractivity contribution in [2.24, 2.45) is 0 Å². The second-order valence-electron chi connectivity index (χ2n) is 4.47. The molecule has 0 spiro atoms. The van der Waals surface area contributed by atoms with Crippen LogP contribution in [0.5, 0.6) is 11.5 Å². The summed E-state index contributed by atoms with van der Waals surface area (Å²) in [5.41, 5.74) is 1.12. The third-order valence-electron chi connectivity index (χ3n) is 3.20. The summed E-state index contributed by atoms with van der Waals surface area (Å²) in [5.74, 6) is 0.795. The molecule has 0 aromatic heterocycles. The van der Waals surface area contributed by atoms with Crippen LogP contribution in [-0.4, -0.2) is 25.9 Å². The number of ether oxygens (including phenoxy) is 2. The van der Waals surface area contributed by atoms with Crippen molar-refractivity contribution in [2.45, 2.75) is 6.04 Å². The fourth-order valence-electron chi connectivity index (χ4n) is 2.07. The Morgan fingerprint density at radius 3 is 2.43 bits per heavy atom. The first-order valence-corrected chi connectivity index (χ1v) is 6.53. The Hall–Kier alpha value is -2.27. The predicted molar refractivity (Wildman–Crippen MR) is 79.4 cm³/mol. The minimum absolute atomic E-state index is 0.177. The van der Waals surface area contributed by atoms with Crippen molar-refractivity contribution >= 4 is 5.69 Å². The Labute approximate surface area is 123 Å². The fourth-order valence-corrected chi connectivity index (χ4v) is 2.07. The molecule has 4 nitrogen and oxygen atoms in total. The maximum atomic E-state index is 13.7. The van der Waals surface area contributed by atoms with Gasteiger partial charge in [-0.25, -0.2) is 4.39 Å². The monoisotopic (exact) mass is 291 g/mol. The summed E-state index contributed by atoms with van der Waals surface area (Å²) in [5, 5.41) is 12.5. The van der Waals surface area contributed by atoms with E-state index in [9.17, 15) is 9.50 Å². The molecule has 2 rings (SSSR count). The molecule has 2 N–H and O–H groups in total. The van der Waals surface area contributed by atoms with Gasteiger partial charge in [0.15, 0.2) is 11.5 Å². The van der Waals surface area contributed by atoms with Gasteiger partial charge >= 0.3 is 0 Å². The quantitative estimate of drug-likeness (QED) is 0.859. The van der Waals surface area contributed by atoms with E-state index in [1.54, 1.807) is 50.6 Å². The summed E-state index contributed by atoms with van der Waals surface area (Å²) in [6, 6.07) is 11.2. The lowest BCUT2D eigenvalue weighted by atomic mass is 10.1. The number of benzene rings is 2. The average Bonchev–Trinajstić information content (AvgIpc) is 2.53. The van der Waals surface area contributed by atoms with Crippen LogP contribution >= 0.6 is 0 Å². The number of anilines is 1. The standard InChI is InChI=1S/C16H18FNO3/c1-20-15-8-7-11(9-16(15)21-2)14(10-19)18-13-6-4-3-5-12(13)17/h3-9,14,18-19H,10H2,1-2H3. The molecule has 0 aliphatic carbocycles. The van der Waals surface area contributed by atoms with Crippen LogP contribution in [0.25, 0.3) is 0 Å². The van der Waals surface area contributed by atoms with Crippen LogP contribution in [0.15, 0.2) is 42.5 Å². The Bertz CT molecular complexity index is 604. The molecule has 0 bridgehead atoms. The zero-order valence-electron chi connectivity index (χ0n) is 12.0. The zero-order valence-corrected chi connectivity index (χ0v) is 12.0. The number of hydrogen-bond acceptors (Lipinski definition) is 4. The number of rotatable bonds is 6. The lowest BCUT2D eigenvalue weighted by Gasteiger charge is -2.19. The van der Waals surface area contributed by atoms with E-state index in [1.165, 1.54) is 6.07 Å². The highest BCUT2D eigenvalue weighted by Gasteiger charge is 2.15. The molecule has 1 unspecified atom stereocenters. The van der Waals surface area contributed by atoms with Crippen LogP contribution in [0.4, 0.5) is 10.1 Å². The predicted octanol–water partition coefficient (Wildman–Crippen LogP) is 2.99. The first-order valence-electron chi connectivity index (χ1n) is 6.53. The number of nitrogens with one attached hydrogen (secondary N) is 1. The van der Waals surface area contributed by atoms with Crippen LogP contribution in [0, 0.1) is 5.82 Å². The maximum absolute atomic E-state index is 13.7. The summed E-state index contributed by atoms with van der Waals surface area (Å²) in [4.78, 5) is 0. The summed E-state index contributed by atoms with van der Waals surface area (Å²) < 4.78 is 24.1. The molecule has 112 valence electrons. The van der Waals surface area contributed by atoms with Crippen molar-refractivity contribution in [3.63, 3.8) is 0 Å². The Balaban J connectivity index is 2.27. The number of para-hydroxylation sites is 1. The van der Waals surface area contributed by atoms with E-state index >= 15 is 0 Å². The van der Waals surface area contributed by atoms with Crippen LogP contribution in [0.2, 0.25) is 0 Å². The molecular weight excluding hydrogens is 273 g/mol. The minimum atomic E-state index is -0.443. The van der Waals surface area contributed by atoms with Gasteiger partial charge in [0.2, 0.25) is 0 Å². The average molecular weight is 291 g/mol. The molecular formula is C16H18FNO3. The lowest BCUT2D eigenvalue weighted by Crippen LogP contribution is -2.15. The molecule has 0 aliphatic rings. The molecule has 0 saturated carbocycles. The first-order chi connectivity index (χ1) is 10.2. The molecule has 1 atom stereocenters. The second kappa shape index (κ2) is 6.95. The van der Waals surface area contributed by atoms with E-state index in [4.69, 9.17) is 9.47 Å². The molecule has 0 heterocycles. The van der Waals surface area contributed by atoms with Crippen LogP contribution in [0.1, 0.15) is 11.6 Å². The van der Waals surface area contributed by atoms with Gasteiger partial charge in [0, 0.05) is 0 Å². The first kappa shape index (κ1) is 15.1. The van der Waals surface area contributed by atoms with Gasteiger partial charge in [-0.3, -0.25) is 0 Å². The van der Waals surface area contributed by atoms with E-state index in [0.29, 0.717) is 17.2 Å². The van der Waals surface area contributed by atoms with E-state index in [-0.39, 0.29) is 12.4 Å². The highest BCUT2D eigenvalue weighted by molar-refractivity contribution is 5.49. The summed E-state index contributed by atoms with van der Waals surface area (Å²) in [6.45, 7) is -0.177. The molecule has 0 radical (unpaired) electrons. The number of halogens is 1. The highest BCUT2D eigenvalue weighted by Crippen LogP contribution is 2.31. The third-order valence-corrected chi connectivity index (χ3v) is 3.20. The topological polar surface area (TPSA) is 50.7 Å². The van der Waals surface area contributed by atoms with Gasteiger partial charge in [0.1, 0.15) is 5.82 Å². The summed E-state index contributed by atoms with van der Waals surface area (Å²) in [7, 11) is 3.10. The highest BCUT2D eigenvalue weighted by atomic mass is 19.1. The molecule has 2 aromatic rings. The number of aliphatic hydroxyl groups excluding tert-OH is 1. The Morgan fingerprint density at radius 1 is 1.10 bits per heavy atom. The van der Waals surface area contributed by atoms with Gasteiger partial charge < -0.3 is 19.9 Å². The Morgan fingerprint density at radius 2 is 1.81 bits per heavy atom. The molecule has 0 saturated heterocycles. The van der Waals surface area contributed by atoms with E-state index in [2.05, 4.69) is 5.32 Å². The zero-order chi connectivity index (χ0) is 15.2. The largest absolute Gasteiger partial charge is 0.493 e. The molecule has 5 heteroatoms. The van der Waals surface area contributed by atoms with Gasteiger partial charge in [-0.15, -0.1) is 0 Å². The van der Waals surface area contributed by atoms with Crippen molar-refractivity contribution in [1.29, 1.82) is 0 Å². The van der Waals surface area contributed by atoms with Crippen LogP contribution < -0.4 is 14.8 Å². The van der Waals surface area contributed by atoms with Gasteiger partial charge in [0.25, 0.3) is 0 Å². The van der Waals surface area contributed by atoms with Crippen LogP contribution in [-0.2, 0) is 0 Å². The maximum Gasteiger partial charge on any atom is 0.161 e. The molecule has 0 amide bonds. The molecule has 0 fully saturated rings. The van der Waals surface area contributed by atoms with Gasteiger partial charge in [-0.1, -0.05) is 18.2 Å². The third kappa shape index (κ3) is 3.44. The smallest absolute Gasteiger partial charge is 0.161 e. The lowest BCUT2D eigenvalue weighted by molar-refractivity contribution is 0.275. The molecule has 21 heavy (non-hydrogen) atoms. The van der Waals surface area contributed by atoms with Gasteiger partial charge in [-0.05, 0) is 29.8 Å². The van der Waals surface area contributed by atoms with E-state index in [0.717, 1.165) is 5.56 Å². The SMILES string of the molecule is COc1ccc(C(CO)Nc2ccccc2F)cc1OC. The second-order valence-corrected chi connectivity index (χ2v) is 4.47. The van der Waals surface area contributed by atoms with Crippen molar-refractivity contribution in [1.82, 2.24) is 0 Å². The number of hydrogen-bond donors (Lipinski definition) is 2. The summed E-state index contributed by atoms with van der Waals surface area (Å²) in [6.07, 6.45) is 0. The van der Waals surface area contributed by atoms with Gasteiger partial charge in [0.05, 0.1) is 32.6 Å². The molecule has 2 aromatic carbocycles. The Kier molecular flexibility index (Phi) is 5.00. The number of aliphatic hydroxyl groups is 1. The van der Waals surface area contributed by atoms with E-state index < -0.39 is 6.04 Å². The minimum Gasteiger partial charge on any atom is -0.493 e. The number of methoxy groups -OCH3 is 2. The normalized spacial score (nSPS) is 11.8. The van der Waals surface area contributed by atoms with Gasteiger partial charge in [-0.2, -0.15) is 0 Å². The summed E-state index contributed by atoms with van der Waals surface area (Å²) >= 11 is 0. The van der Waals surface area contributed by atoms with E-state index in [1.807, 2.05) is 0 Å².